The zero-order chi connectivity index (χ0) is 28.5. The van der Waals surface area contributed by atoms with E-state index in [9.17, 15) is 19.2 Å². The van der Waals surface area contributed by atoms with Gasteiger partial charge in [-0.15, -0.1) is 0 Å². The second-order valence-corrected chi connectivity index (χ2v) is 9.93. The summed E-state index contributed by atoms with van der Waals surface area (Å²) in [5.41, 5.74) is 3.39. The van der Waals surface area contributed by atoms with Crippen LogP contribution in [0.1, 0.15) is 58.4 Å². The number of hydrogen-bond acceptors (Lipinski definition) is 6. The number of nitrogens with one attached hydrogen (secondary N) is 3. The number of nitrogens with zero attached hydrogens (tertiary/aromatic N) is 1. The van der Waals surface area contributed by atoms with Gasteiger partial charge >= 0.3 is 17.8 Å². The molecule has 0 aromatic heterocycles. The highest BCUT2D eigenvalue weighted by molar-refractivity contribution is 6.40. The van der Waals surface area contributed by atoms with Gasteiger partial charge in [0.1, 0.15) is 5.75 Å². The van der Waals surface area contributed by atoms with Gasteiger partial charge in [0.2, 0.25) is 0 Å². The molecule has 1 saturated carbocycles. The van der Waals surface area contributed by atoms with Crippen molar-refractivity contribution in [2.75, 3.05) is 5.32 Å². The highest BCUT2D eigenvalue weighted by Crippen LogP contribution is 2.23. The molecule has 1 aliphatic rings. The molecule has 3 amide bonds. The zero-order valence-corrected chi connectivity index (χ0v) is 22.8. The number of para-hydroxylation sites is 1. The summed E-state index contributed by atoms with van der Waals surface area (Å²) < 4.78 is 5.31. The van der Waals surface area contributed by atoms with Crippen LogP contribution in [0.15, 0.2) is 71.8 Å². The number of carbonyl (C=O) groups excluding carboxylic acids is 4. The van der Waals surface area contributed by atoms with Crippen molar-refractivity contribution in [3.63, 3.8) is 0 Å². The summed E-state index contributed by atoms with van der Waals surface area (Å²) in [7, 11) is 0. The van der Waals surface area contributed by atoms with Crippen molar-refractivity contribution in [3.05, 3.63) is 93.5 Å². The van der Waals surface area contributed by atoms with Crippen LogP contribution in [0, 0.1) is 0 Å². The van der Waals surface area contributed by atoms with Crippen LogP contribution >= 0.6 is 23.2 Å². The number of carbonyl (C=O) groups is 4. The third-order valence-corrected chi connectivity index (χ3v) is 6.74. The van der Waals surface area contributed by atoms with Crippen molar-refractivity contribution < 1.29 is 23.9 Å². The minimum absolute atomic E-state index is 0.103. The van der Waals surface area contributed by atoms with Gasteiger partial charge in [0, 0.05) is 11.1 Å². The topological polar surface area (TPSA) is 126 Å². The van der Waals surface area contributed by atoms with Gasteiger partial charge in [-0.2, -0.15) is 5.10 Å². The van der Waals surface area contributed by atoms with Crippen LogP contribution in [0.25, 0.3) is 0 Å². The number of amides is 3. The van der Waals surface area contributed by atoms with E-state index < -0.39 is 17.8 Å². The first-order valence-corrected chi connectivity index (χ1v) is 13.4. The quantitative estimate of drug-likeness (QED) is 0.114. The van der Waals surface area contributed by atoms with E-state index >= 15 is 0 Å². The normalized spacial score (nSPS) is 13.4. The van der Waals surface area contributed by atoms with E-state index in [0.29, 0.717) is 10.6 Å². The lowest BCUT2D eigenvalue weighted by atomic mass is 9.95. The van der Waals surface area contributed by atoms with Crippen molar-refractivity contribution >= 4 is 58.8 Å². The molecule has 0 spiro atoms. The Morgan fingerprint density at radius 3 is 2.30 bits per heavy atom. The first kappa shape index (κ1) is 28.8. The van der Waals surface area contributed by atoms with Crippen molar-refractivity contribution in [3.8, 4) is 5.75 Å². The molecule has 3 aromatic carbocycles. The fourth-order valence-electron chi connectivity index (χ4n) is 4.13. The van der Waals surface area contributed by atoms with Gasteiger partial charge in [-0.1, -0.05) is 54.6 Å². The Labute approximate surface area is 240 Å². The summed E-state index contributed by atoms with van der Waals surface area (Å²) in [6.45, 7) is 0. The summed E-state index contributed by atoms with van der Waals surface area (Å²) in [5, 5.41) is 9.85. The standard InChI is InChI=1S/C29H26Cl2N4O5/c30-19-12-15-22(24(31)16-19)29(39)40-21-13-10-18(11-14-21)17-32-35-28(38)27(37)34-25-9-5-4-8-23(25)26(36)33-20-6-2-1-3-7-20/h4-5,8-17,20H,1-3,6-7H2,(H,33,36)(H,34,37)(H,35,38)/b32-17-. The fourth-order valence-corrected chi connectivity index (χ4v) is 4.62. The fraction of sp³-hybridized carbons (Fsp3) is 0.207. The van der Waals surface area contributed by atoms with Crippen LogP contribution in [0.3, 0.4) is 0 Å². The lowest BCUT2D eigenvalue weighted by Gasteiger charge is -2.23. The Kier molecular flexibility index (Phi) is 9.88. The maximum atomic E-state index is 12.8. The summed E-state index contributed by atoms with van der Waals surface area (Å²) in [5.74, 6) is -2.66. The van der Waals surface area contributed by atoms with E-state index in [1.165, 1.54) is 36.5 Å². The van der Waals surface area contributed by atoms with Crippen LogP contribution in [-0.2, 0) is 9.59 Å². The summed E-state index contributed by atoms with van der Waals surface area (Å²) in [6.07, 6.45) is 6.47. The zero-order valence-electron chi connectivity index (χ0n) is 21.3. The lowest BCUT2D eigenvalue weighted by molar-refractivity contribution is -0.136. The van der Waals surface area contributed by atoms with Gasteiger partial charge in [-0.3, -0.25) is 14.4 Å². The molecule has 4 rings (SSSR count). The molecule has 0 heterocycles. The number of ether oxygens (including phenoxy) is 1. The number of anilines is 1. The van der Waals surface area contributed by atoms with E-state index in [2.05, 4.69) is 21.2 Å². The van der Waals surface area contributed by atoms with Crippen molar-refractivity contribution in [2.24, 2.45) is 5.10 Å². The Bertz CT molecular complexity index is 1440. The molecule has 0 saturated heterocycles. The largest absolute Gasteiger partial charge is 0.423 e. The first-order valence-electron chi connectivity index (χ1n) is 12.6. The second-order valence-electron chi connectivity index (χ2n) is 9.09. The van der Waals surface area contributed by atoms with Crippen molar-refractivity contribution in [2.45, 2.75) is 38.1 Å². The third-order valence-electron chi connectivity index (χ3n) is 6.19. The molecule has 206 valence electrons. The van der Waals surface area contributed by atoms with E-state index in [0.717, 1.165) is 32.1 Å². The molecule has 0 aliphatic heterocycles. The van der Waals surface area contributed by atoms with Crippen molar-refractivity contribution in [1.82, 2.24) is 10.7 Å². The molecule has 3 N–H and O–H groups in total. The molecule has 1 aliphatic carbocycles. The Morgan fingerprint density at radius 1 is 0.850 bits per heavy atom. The summed E-state index contributed by atoms with van der Waals surface area (Å²) in [6, 6.07) is 17.3. The number of benzene rings is 3. The van der Waals surface area contributed by atoms with Gasteiger partial charge in [-0.05, 0) is 73.0 Å². The molecule has 3 aromatic rings. The number of esters is 1. The van der Waals surface area contributed by atoms with Crippen LogP contribution in [-0.4, -0.2) is 35.9 Å². The van der Waals surface area contributed by atoms with Crippen LogP contribution in [0.2, 0.25) is 10.0 Å². The van der Waals surface area contributed by atoms with E-state index in [1.807, 2.05) is 0 Å². The van der Waals surface area contributed by atoms with Crippen LogP contribution in [0.5, 0.6) is 5.75 Å². The predicted molar refractivity (Wildman–Crippen MR) is 153 cm³/mol. The monoisotopic (exact) mass is 580 g/mol. The Morgan fingerprint density at radius 2 is 1.57 bits per heavy atom. The molecule has 0 unspecified atom stereocenters. The summed E-state index contributed by atoms with van der Waals surface area (Å²) >= 11 is 11.9. The number of rotatable bonds is 7. The highest BCUT2D eigenvalue weighted by atomic mass is 35.5. The SMILES string of the molecule is O=C(N/N=C\c1ccc(OC(=O)c2ccc(Cl)cc2Cl)cc1)C(=O)Nc1ccccc1C(=O)NC1CCCCC1. The van der Waals surface area contributed by atoms with Gasteiger partial charge in [0.25, 0.3) is 5.91 Å². The average molecular weight is 581 g/mol. The van der Waals surface area contributed by atoms with E-state index in [1.54, 1.807) is 36.4 Å². The molecule has 9 nitrogen and oxygen atoms in total. The minimum Gasteiger partial charge on any atom is -0.423 e. The molecule has 11 heteroatoms. The maximum absolute atomic E-state index is 12.8. The highest BCUT2D eigenvalue weighted by Gasteiger charge is 2.21. The van der Waals surface area contributed by atoms with E-state index in [4.69, 9.17) is 27.9 Å². The first-order chi connectivity index (χ1) is 19.3. The average Bonchev–Trinajstić information content (AvgIpc) is 2.94. The molecule has 40 heavy (non-hydrogen) atoms. The molecule has 0 radical (unpaired) electrons. The van der Waals surface area contributed by atoms with Gasteiger partial charge in [0.15, 0.2) is 0 Å². The number of halogens is 2. The van der Waals surface area contributed by atoms with Gasteiger partial charge in [-0.25, -0.2) is 10.2 Å². The van der Waals surface area contributed by atoms with Gasteiger partial charge < -0.3 is 15.4 Å². The molecule has 0 atom stereocenters. The second kappa shape index (κ2) is 13.7. The van der Waals surface area contributed by atoms with Crippen LogP contribution < -0.4 is 20.8 Å². The smallest absolute Gasteiger partial charge is 0.345 e. The predicted octanol–water partition coefficient (Wildman–Crippen LogP) is 5.36. The minimum atomic E-state index is -1.01. The molecular weight excluding hydrogens is 555 g/mol. The van der Waals surface area contributed by atoms with Gasteiger partial charge in [0.05, 0.1) is 28.1 Å². The van der Waals surface area contributed by atoms with Crippen LogP contribution in [0.4, 0.5) is 5.69 Å². The summed E-state index contributed by atoms with van der Waals surface area (Å²) in [4.78, 5) is 49.8. The molecule has 0 bridgehead atoms. The number of hydrazone groups is 1. The molecule has 1 fully saturated rings. The number of hydrogen-bond donors (Lipinski definition) is 3. The lowest BCUT2D eigenvalue weighted by Crippen LogP contribution is -2.37. The molecular formula is C29H26Cl2N4O5. The maximum Gasteiger partial charge on any atom is 0.345 e. The van der Waals surface area contributed by atoms with E-state index in [-0.39, 0.29) is 39.5 Å². The van der Waals surface area contributed by atoms with Crippen molar-refractivity contribution in [1.29, 1.82) is 0 Å². The third kappa shape index (κ3) is 7.91. The Hall–Kier alpha value is -4.21. The Balaban J connectivity index is 1.29.